The van der Waals surface area contributed by atoms with Crippen LogP contribution in [0.2, 0.25) is 0 Å². The number of hydrogen-bond acceptors (Lipinski definition) is 4. The molecule has 0 bridgehead atoms. The van der Waals surface area contributed by atoms with Gasteiger partial charge in [-0.05, 0) is 18.8 Å². The van der Waals surface area contributed by atoms with Crippen molar-refractivity contribution >= 4 is 12.1 Å². The smallest absolute Gasteiger partial charge is 0.407 e. The minimum absolute atomic E-state index is 0.269. The molecule has 0 heterocycles. The SMILES string of the molecule is CCCCCOC(=O)C(CCCC)NC(=O)OCC(C)C. The van der Waals surface area contributed by atoms with Gasteiger partial charge in [0.15, 0.2) is 0 Å². The van der Waals surface area contributed by atoms with E-state index in [2.05, 4.69) is 12.2 Å². The van der Waals surface area contributed by atoms with E-state index in [1.54, 1.807) is 0 Å². The maximum absolute atomic E-state index is 12.0. The molecule has 0 aromatic heterocycles. The van der Waals surface area contributed by atoms with Crippen LogP contribution in [-0.2, 0) is 14.3 Å². The first kappa shape index (κ1) is 19.7. The van der Waals surface area contributed by atoms with Gasteiger partial charge in [-0.3, -0.25) is 0 Å². The summed E-state index contributed by atoms with van der Waals surface area (Å²) in [5.74, 6) is -0.0908. The number of esters is 1. The van der Waals surface area contributed by atoms with Gasteiger partial charge in [0, 0.05) is 0 Å². The van der Waals surface area contributed by atoms with Crippen LogP contribution in [0.1, 0.15) is 66.2 Å². The van der Waals surface area contributed by atoms with Gasteiger partial charge < -0.3 is 14.8 Å². The summed E-state index contributed by atoms with van der Waals surface area (Å²) in [6.45, 7) is 8.82. The largest absolute Gasteiger partial charge is 0.464 e. The Morgan fingerprint density at radius 1 is 1.00 bits per heavy atom. The van der Waals surface area contributed by atoms with Crippen molar-refractivity contribution in [3.05, 3.63) is 0 Å². The van der Waals surface area contributed by atoms with Crippen LogP contribution in [0.5, 0.6) is 0 Å². The third-order valence-corrected chi connectivity index (χ3v) is 2.96. The van der Waals surface area contributed by atoms with Gasteiger partial charge in [-0.2, -0.15) is 0 Å². The lowest BCUT2D eigenvalue weighted by Crippen LogP contribution is -2.42. The molecular formula is C16H31NO4. The first-order valence-corrected chi connectivity index (χ1v) is 8.11. The van der Waals surface area contributed by atoms with Crippen LogP contribution in [0, 0.1) is 5.92 Å². The van der Waals surface area contributed by atoms with Crippen molar-refractivity contribution < 1.29 is 19.1 Å². The standard InChI is InChI=1S/C16H31NO4/c1-5-7-9-11-20-15(18)14(10-8-6-2)17-16(19)21-12-13(3)4/h13-14H,5-12H2,1-4H3,(H,17,19). The third kappa shape index (κ3) is 11.1. The van der Waals surface area contributed by atoms with Crippen molar-refractivity contribution in [3.8, 4) is 0 Å². The maximum atomic E-state index is 12.0. The minimum atomic E-state index is -0.605. The van der Waals surface area contributed by atoms with Crippen LogP contribution in [0.25, 0.3) is 0 Å². The van der Waals surface area contributed by atoms with Crippen LogP contribution in [-0.4, -0.2) is 31.3 Å². The molecule has 0 aliphatic rings. The second kappa shape index (κ2) is 12.5. The second-order valence-corrected chi connectivity index (χ2v) is 5.71. The number of carbonyl (C=O) groups excluding carboxylic acids is 2. The quantitative estimate of drug-likeness (QED) is 0.467. The monoisotopic (exact) mass is 301 g/mol. The van der Waals surface area contributed by atoms with E-state index in [0.717, 1.165) is 32.1 Å². The Morgan fingerprint density at radius 2 is 1.67 bits per heavy atom. The summed E-state index contributed by atoms with van der Waals surface area (Å²) in [4.78, 5) is 23.7. The van der Waals surface area contributed by atoms with Gasteiger partial charge in [0.25, 0.3) is 0 Å². The number of nitrogens with one attached hydrogen (secondary N) is 1. The summed E-state index contributed by atoms with van der Waals surface area (Å²) in [6.07, 6.45) is 4.84. The molecule has 0 spiro atoms. The fraction of sp³-hybridized carbons (Fsp3) is 0.875. The Bertz CT molecular complexity index is 292. The fourth-order valence-corrected chi connectivity index (χ4v) is 1.71. The van der Waals surface area contributed by atoms with Crippen LogP contribution in [0.3, 0.4) is 0 Å². The summed E-state index contributed by atoms with van der Waals surface area (Å²) >= 11 is 0. The van der Waals surface area contributed by atoms with Crippen LogP contribution < -0.4 is 5.32 Å². The molecule has 1 N–H and O–H groups in total. The zero-order valence-electron chi connectivity index (χ0n) is 13.9. The van der Waals surface area contributed by atoms with Gasteiger partial charge >= 0.3 is 12.1 Å². The molecule has 0 rings (SSSR count). The molecule has 0 saturated heterocycles. The molecule has 0 aromatic carbocycles. The molecule has 0 aromatic rings. The van der Waals surface area contributed by atoms with Gasteiger partial charge in [-0.25, -0.2) is 9.59 Å². The van der Waals surface area contributed by atoms with Crippen molar-refractivity contribution in [1.82, 2.24) is 5.32 Å². The highest BCUT2D eigenvalue weighted by Gasteiger charge is 2.22. The predicted molar refractivity (Wildman–Crippen MR) is 83.1 cm³/mol. The van der Waals surface area contributed by atoms with Crippen molar-refractivity contribution in [2.45, 2.75) is 72.3 Å². The number of amides is 1. The molecule has 21 heavy (non-hydrogen) atoms. The van der Waals surface area contributed by atoms with E-state index >= 15 is 0 Å². The number of rotatable bonds is 11. The van der Waals surface area contributed by atoms with Gasteiger partial charge in [0.2, 0.25) is 0 Å². The van der Waals surface area contributed by atoms with Gasteiger partial charge in [0.1, 0.15) is 6.04 Å². The van der Waals surface area contributed by atoms with Gasteiger partial charge in [0.05, 0.1) is 13.2 Å². The van der Waals surface area contributed by atoms with E-state index in [1.807, 2.05) is 20.8 Å². The first-order valence-electron chi connectivity index (χ1n) is 8.11. The number of alkyl carbamates (subject to hydrolysis) is 1. The van der Waals surface area contributed by atoms with E-state index in [9.17, 15) is 9.59 Å². The highest BCUT2D eigenvalue weighted by atomic mass is 16.6. The van der Waals surface area contributed by atoms with E-state index < -0.39 is 12.1 Å². The molecule has 5 nitrogen and oxygen atoms in total. The lowest BCUT2D eigenvalue weighted by Gasteiger charge is -2.17. The molecule has 0 radical (unpaired) electrons. The molecular weight excluding hydrogens is 270 g/mol. The average molecular weight is 301 g/mol. The topological polar surface area (TPSA) is 64.6 Å². The Balaban J connectivity index is 4.22. The number of hydrogen-bond donors (Lipinski definition) is 1. The second-order valence-electron chi connectivity index (χ2n) is 5.71. The minimum Gasteiger partial charge on any atom is -0.464 e. The highest BCUT2D eigenvalue weighted by Crippen LogP contribution is 2.05. The van der Waals surface area contributed by atoms with Crippen molar-refractivity contribution in [3.63, 3.8) is 0 Å². The van der Waals surface area contributed by atoms with Crippen molar-refractivity contribution in [1.29, 1.82) is 0 Å². The molecule has 0 fully saturated rings. The lowest BCUT2D eigenvalue weighted by atomic mass is 10.1. The van der Waals surface area contributed by atoms with E-state index in [4.69, 9.17) is 9.47 Å². The van der Waals surface area contributed by atoms with Crippen LogP contribution in [0.4, 0.5) is 4.79 Å². The zero-order chi connectivity index (χ0) is 16.1. The Kier molecular flexibility index (Phi) is 11.7. The zero-order valence-corrected chi connectivity index (χ0v) is 13.9. The number of ether oxygens (including phenoxy) is 2. The normalized spacial score (nSPS) is 12.0. The first-order chi connectivity index (χ1) is 10.0. The summed E-state index contributed by atoms with van der Waals surface area (Å²) in [5, 5.41) is 2.61. The van der Waals surface area contributed by atoms with E-state index in [1.165, 1.54) is 0 Å². The summed E-state index contributed by atoms with van der Waals surface area (Å²) in [5.41, 5.74) is 0. The third-order valence-electron chi connectivity index (χ3n) is 2.96. The van der Waals surface area contributed by atoms with Crippen LogP contribution in [0.15, 0.2) is 0 Å². The predicted octanol–water partition coefficient (Wildman–Crippen LogP) is 3.66. The fourth-order valence-electron chi connectivity index (χ4n) is 1.71. The van der Waals surface area contributed by atoms with E-state index in [0.29, 0.717) is 19.6 Å². The average Bonchev–Trinajstić information content (AvgIpc) is 2.45. The Labute approximate surface area is 128 Å². The van der Waals surface area contributed by atoms with Gasteiger partial charge in [-0.15, -0.1) is 0 Å². The van der Waals surface area contributed by atoms with Crippen LogP contribution >= 0.6 is 0 Å². The van der Waals surface area contributed by atoms with Crippen molar-refractivity contribution in [2.75, 3.05) is 13.2 Å². The molecule has 5 heteroatoms. The molecule has 0 saturated carbocycles. The number of carbonyl (C=O) groups is 2. The van der Waals surface area contributed by atoms with Gasteiger partial charge in [-0.1, -0.05) is 53.4 Å². The molecule has 0 aliphatic heterocycles. The maximum Gasteiger partial charge on any atom is 0.407 e. The molecule has 1 amide bonds. The summed E-state index contributed by atoms with van der Waals surface area (Å²) in [6, 6.07) is -0.605. The highest BCUT2D eigenvalue weighted by molar-refractivity contribution is 5.81. The van der Waals surface area contributed by atoms with E-state index in [-0.39, 0.29) is 11.9 Å². The number of unbranched alkanes of at least 4 members (excludes halogenated alkanes) is 3. The Morgan fingerprint density at radius 3 is 2.24 bits per heavy atom. The molecule has 1 unspecified atom stereocenters. The van der Waals surface area contributed by atoms with Crippen molar-refractivity contribution in [2.24, 2.45) is 5.92 Å². The summed E-state index contributed by atoms with van der Waals surface area (Å²) in [7, 11) is 0. The lowest BCUT2D eigenvalue weighted by molar-refractivity contribution is -0.146. The molecule has 124 valence electrons. The summed E-state index contributed by atoms with van der Waals surface area (Å²) < 4.78 is 10.3. The Hall–Kier alpha value is -1.26. The molecule has 1 atom stereocenters. The molecule has 0 aliphatic carbocycles.